The highest BCUT2D eigenvalue weighted by Crippen LogP contribution is 2.08. The van der Waals surface area contributed by atoms with Crippen molar-refractivity contribution in [1.82, 2.24) is 10.2 Å². The third kappa shape index (κ3) is 7.27. The van der Waals surface area contributed by atoms with Gasteiger partial charge in [-0.2, -0.15) is 0 Å². The average Bonchev–Trinajstić information content (AvgIpc) is 2.36. The van der Waals surface area contributed by atoms with Gasteiger partial charge in [-0.25, -0.2) is 4.79 Å². The molecule has 0 saturated carbocycles. The first-order valence-electron chi connectivity index (χ1n) is 6.84. The van der Waals surface area contributed by atoms with Crippen LogP contribution in [0.25, 0.3) is 6.08 Å². The molecule has 1 aromatic carbocycles. The summed E-state index contributed by atoms with van der Waals surface area (Å²) in [5, 5.41) is 11.4. The van der Waals surface area contributed by atoms with Gasteiger partial charge in [0.2, 0.25) is 5.91 Å². The molecular weight excluding hydrogens is 268 g/mol. The molecule has 0 aromatic heterocycles. The summed E-state index contributed by atoms with van der Waals surface area (Å²) in [6.07, 6.45) is 2.66. The molecule has 0 saturated heterocycles. The quantitative estimate of drug-likeness (QED) is 0.751. The number of nitrogens with zero attached hydrogens (tertiary/aromatic N) is 1. The van der Waals surface area contributed by atoms with E-state index in [4.69, 9.17) is 5.11 Å². The molecule has 0 heterocycles. The standard InChI is InChI=1S/C16H22N2O3/c1-12(2)17-15(19)11-18(3)10-14-6-4-13(5-7-14)8-9-16(20)21/h4-9,12H,10-11H2,1-3H3,(H,17,19)(H,20,21). The zero-order chi connectivity index (χ0) is 15.8. The van der Waals surface area contributed by atoms with Gasteiger partial charge in [-0.05, 0) is 38.1 Å². The molecule has 1 amide bonds. The summed E-state index contributed by atoms with van der Waals surface area (Å²) in [6.45, 7) is 4.87. The van der Waals surface area contributed by atoms with Crippen LogP contribution in [-0.4, -0.2) is 41.5 Å². The topological polar surface area (TPSA) is 69.6 Å². The van der Waals surface area contributed by atoms with Crippen LogP contribution in [0.2, 0.25) is 0 Å². The van der Waals surface area contributed by atoms with Crippen molar-refractivity contribution in [3.05, 3.63) is 41.5 Å². The fraction of sp³-hybridized carbons (Fsp3) is 0.375. The van der Waals surface area contributed by atoms with E-state index in [1.807, 2.05) is 50.1 Å². The smallest absolute Gasteiger partial charge is 0.328 e. The number of benzene rings is 1. The van der Waals surface area contributed by atoms with Crippen LogP contribution in [-0.2, 0) is 16.1 Å². The van der Waals surface area contributed by atoms with Gasteiger partial charge in [0.15, 0.2) is 0 Å². The summed E-state index contributed by atoms with van der Waals surface area (Å²) in [4.78, 5) is 24.0. The maximum absolute atomic E-state index is 11.6. The zero-order valence-corrected chi connectivity index (χ0v) is 12.7. The molecule has 0 aliphatic carbocycles. The van der Waals surface area contributed by atoms with E-state index in [-0.39, 0.29) is 11.9 Å². The van der Waals surface area contributed by atoms with Crippen LogP contribution in [0.3, 0.4) is 0 Å². The number of carboxylic acid groups (broad SMARTS) is 1. The van der Waals surface area contributed by atoms with E-state index in [2.05, 4.69) is 5.32 Å². The minimum atomic E-state index is -0.963. The Hall–Kier alpha value is -2.14. The molecule has 0 atom stereocenters. The molecule has 0 fully saturated rings. The summed E-state index contributed by atoms with van der Waals surface area (Å²) in [6, 6.07) is 7.72. The molecule has 2 N–H and O–H groups in total. The van der Waals surface area contributed by atoms with Gasteiger partial charge in [0.05, 0.1) is 6.54 Å². The van der Waals surface area contributed by atoms with Crippen molar-refractivity contribution in [2.24, 2.45) is 0 Å². The minimum absolute atomic E-state index is 0.00788. The molecule has 5 nitrogen and oxygen atoms in total. The van der Waals surface area contributed by atoms with E-state index in [0.717, 1.165) is 17.2 Å². The second kappa shape index (κ2) is 8.21. The lowest BCUT2D eigenvalue weighted by Crippen LogP contribution is -2.38. The normalized spacial score (nSPS) is 11.3. The van der Waals surface area contributed by atoms with E-state index in [9.17, 15) is 9.59 Å². The van der Waals surface area contributed by atoms with Crippen molar-refractivity contribution in [3.8, 4) is 0 Å². The van der Waals surface area contributed by atoms with Crippen molar-refractivity contribution in [3.63, 3.8) is 0 Å². The van der Waals surface area contributed by atoms with Gasteiger partial charge in [-0.15, -0.1) is 0 Å². The maximum Gasteiger partial charge on any atom is 0.328 e. The van der Waals surface area contributed by atoms with Crippen molar-refractivity contribution < 1.29 is 14.7 Å². The van der Waals surface area contributed by atoms with Gasteiger partial charge in [0.25, 0.3) is 0 Å². The molecule has 0 radical (unpaired) electrons. The second-order valence-corrected chi connectivity index (χ2v) is 5.31. The zero-order valence-electron chi connectivity index (χ0n) is 12.7. The fourth-order valence-corrected chi connectivity index (χ4v) is 1.88. The lowest BCUT2D eigenvalue weighted by atomic mass is 10.1. The van der Waals surface area contributed by atoms with Crippen molar-refractivity contribution >= 4 is 18.0 Å². The number of amides is 1. The first kappa shape index (κ1) is 16.9. The Labute approximate surface area is 125 Å². The lowest BCUT2D eigenvalue weighted by Gasteiger charge is -2.17. The SMILES string of the molecule is CC(C)NC(=O)CN(C)Cc1ccc(C=CC(=O)O)cc1. The van der Waals surface area contributed by atoms with Crippen LogP contribution >= 0.6 is 0 Å². The predicted molar refractivity (Wildman–Crippen MR) is 82.7 cm³/mol. The highest BCUT2D eigenvalue weighted by Gasteiger charge is 2.07. The number of carbonyl (C=O) groups excluding carboxylic acids is 1. The first-order chi connectivity index (χ1) is 9.86. The second-order valence-electron chi connectivity index (χ2n) is 5.31. The summed E-state index contributed by atoms with van der Waals surface area (Å²) in [5.74, 6) is -0.955. The van der Waals surface area contributed by atoms with Crippen LogP contribution in [0.1, 0.15) is 25.0 Å². The van der Waals surface area contributed by atoms with E-state index in [1.54, 1.807) is 6.08 Å². The minimum Gasteiger partial charge on any atom is -0.478 e. The number of nitrogens with one attached hydrogen (secondary N) is 1. The molecule has 5 heteroatoms. The van der Waals surface area contributed by atoms with E-state index in [0.29, 0.717) is 13.1 Å². The summed E-state index contributed by atoms with van der Waals surface area (Å²) in [5.41, 5.74) is 1.91. The van der Waals surface area contributed by atoms with Crippen molar-refractivity contribution in [2.45, 2.75) is 26.4 Å². The Kier molecular flexibility index (Phi) is 6.62. The van der Waals surface area contributed by atoms with Gasteiger partial charge in [0.1, 0.15) is 0 Å². The molecule has 0 aliphatic heterocycles. The predicted octanol–water partition coefficient (Wildman–Crippen LogP) is 1.74. The summed E-state index contributed by atoms with van der Waals surface area (Å²) < 4.78 is 0. The van der Waals surface area contributed by atoms with Gasteiger partial charge in [-0.3, -0.25) is 9.69 Å². The van der Waals surface area contributed by atoms with Crippen LogP contribution < -0.4 is 5.32 Å². The Bertz CT molecular complexity index is 507. The fourth-order valence-electron chi connectivity index (χ4n) is 1.88. The number of rotatable bonds is 7. The number of hydrogen-bond acceptors (Lipinski definition) is 3. The molecule has 0 aliphatic rings. The third-order valence-electron chi connectivity index (χ3n) is 2.71. The van der Waals surface area contributed by atoms with Gasteiger partial charge < -0.3 is 10.4 Å². The number of carboxylic acids is 1. The largest absolute Gasteiger partial charge is 0.478 e. The molecule has 1 aromatic rings. The Morgan fingerprint density at radius 3 is 2.43 bits per heavy atom. The third-order valence-corrected chi connectivity index (χ3v) is 2.71. The molecule has 1 rings (SSSR count). The molecular formula is C16H22N2O3. The van der Waals surface area contributed by atoms with E-state index < -0.39 is 5.97 Å². The van der Waals surface area contributed by atoms with Crippen LogP contribution in [0.15, 0.2) is 30.3 Å². The van der Waals surface area contributed by atoms with E-state index in [1.165, 1.54) is 0 Å². The van der Waals surface area contributed by atoms with Crippen molar-refractivity contribution in [2.75, 3.05) is 13.6 Å². The summed E-state index contributed by atoms with van der Waals surface area (Å²) in [7, 11) is 1.89. The molecule has 0 bridgehead atoms. The molecule has 0 unspecified atom stereocenters. The molecule has 114 valence electrons. The Morgan fingerprint density at radius 1 is 1.29 bits per heavy atom. The average molecular weight is 290 g/mol. The monoisotopic (exact) mass is 290 g/mol. The van der Waals surface area contributed by atoms with Crippen LogP contribution in [0.4, 0.5) is 0 Å². The van der Waals surface area contributed by atoms with Crippen LogP contribution in [0, 0.1) is 0 Å². The summed E-state index contributed by atoms with van der Waals surface area (Å²) >= 11 is 0. The van der Waals surface area contributed by atoms with Crippen LogP contribution in [0.5, 0.6) is 0 Å². The number of hydrogen-bond donors (Lipinski definition) is 2. The molecule has 0 spiro atoms. The Morgan fingerprint density at radius 2 is 1.90 bits per heavy atom. The van der Waals surface area contributed by atoms with Gasteiger partial charge in [0, 0.05) is 18.7 Å². The maximum atomic E-state index is 11.6. The van der Waals surface area contributed by atoms with Crippen molar-refractivity contribution in [1.29, 1.82) is 0 Å². The number of carbonyl (C=O) groups is 2. The van der Waals surface area contributed by atoms with E-state index >= 15 is 0 Å². The highest BCUT2D eigenvalue weighted by atomic mass is 16.4. The lowest BCUT2D eigenvalue weighted by molar-refractivity contribution is -0.131. The number of aliphatic carboxylic acids is 1. The van der Waals surface area contributed by atoms with Gasteiger partial charge >= 0.3 is 5.97 Å². The first-order valence-corrected chi connectivity index (χ1v) is 6.84. The van der Waals surface area contributed by atoms with Gasteiger partial charge in [-0.1, -0.05) is 24.3 Å². The highest BCUT2D eigenvalue weighted by molar-refractivity contribution is 5.85. The Balaban J connectivity index is 2.51. The molecule has 21 heavy (non-hydrogen) atoms. The number of likely N-dealkylation sites (N-methyl/N-ethyl adjacent to an activating group) is 1.